The molecule has 0 saturated carbocycles. The molecule has 2 N–H and O–H groups in total. The average molecular weight is 421 g/mol. The summed E-state index contributed by atoms with van der Waals surface area (Å²) in [5.41, 5.74) is 0.270. The Hall–Kier alpha value is -2.44. The van der Waals surface area contributed by atoms with Crippen molar-refractivity contribution in [3.8, 4) is 0 Å². The molecular weight excluding hydrogens is 402 g/mol. The molecule has 4 rings (SSSR count). The van der Waals surface area contributed by atoms with E-state index in [9.17, 15) is 23.1 Å². The van der Waals surface area contributed by atoms with Crippen LogP contribution < -0.4 is 0 Å². The van der Waals surface area contributed by atoms with Crippen LogP contribution in [0.5, 0.6) is 0 Å². The van der Waals surface area contributed by atoms with Gasteiger partial charge in [-0.05, 0) is 18.2 Å². The first-order valence-electron chi connectivity index (χ1n) is 9.02. The van der Waals surface area contributed by atoms with Crippen LogP contribution in [0.25, 0.3) is 10.9 Å². The van der Waals surface area contributed by atoms with E-state index in [-0.39, 0.29) is 46.7 Å². The maximum Gasteiger partial charge on any atom is 0.263 e. The molecule has 0 unspecified atom stereocenters. The molecule has 0 aliphatic carbocycles. The van der Waals surface area contributed by atoms with Gasteiger partial charge in [-0.3, -0.25) is 14.5 Å². The van der Waals surface area contributed by atoms with Gasteiger partial charge in [0.05, 0.1) is 60.2 Å². The first kappa shape index (κ1) is 19.9. The van der Waals surface area contributed by atoms with Crippen LogP contribution in [0.1, 0.15) is 26.4 Å². The zero-order valence-corrected chi connectivity index (χ0v) is 16.2. The third kappa shape index (κ3) is 3.11. The highest BCUT2D eigenvalue weighted by Gasteiger charge is 2.40. The van der Waals surface area contributed by atoms with E-state index >= 15 is 0 Å². The molecular formula is C18H19N3O7S. The zero-order valence-electron chi connectivity index (χ0n) is 15.4. The number of sulfonamides is 1. The third-order valence-corrected chi connectivity index (χ3v) is 6.93. The number of imide groups is 1. The predicted molar refractivity (Wildman–Crippen MR) is 99.7 cm³/mol. The summed E-state index contributed by atoms with van der Waals surface area (Å²) in [6, 6.07) is 4.18. The van der Waals surface area contributed by atoms with E-state index in [4.69, 9.17) is 9.84 Å². The van der Waals surface area contributed by atoms with Gasteiger partial charge >= 0.3 is 0 Å². The van der Waals surface area contributed by atoms with Crippen molar-refractivity contribution in [2.75, 3.05) is 39.5 Å². The minimum Gasteiger partial charge on any atom is -0.395 e. The summed E-state index contributed by atoms with van der Waals surface area (Å²) in [6.45, 7) is -0.131. The number of β-amino-alcohol motifs (C(OH)–C–C–N with tert-alkyl or cyclic N) is 1. The highest BCUT2D eigenvalue weighted by atomic mass is 32.2. The van der Waals surface area contributed by atoms with Crippen molar-refractivity contribution in [2.45, 2.75) is 11.5 Å². The van der Waals surface area contributed by atoms with Gasteiger partial charge in [0.15, 0.2) is 0 Å². The molecule has 2 aromatic rings. The Morgan fingerprint density at radius 1 is 1.07 bits per heavy atom. The van der Waals surface area contributed by atoms with Crippen LogP contribution in [0, 0.1) is 0 Å². The Bertz CT molecular complexity index is 1110. The summed E-state index contributed by atoms with van der Waals surface area (Å²) in [4.78, 5) is 30.6. The van der Waals surface area contributed by atoms with Crippen LogP contribution in [-0.4, -0.2) is 84.1 Å². The number of pyridine rings is 1. The quantitative estimate of drug-likeness (QED) is 0.607. The molecule has 0 atom stereocenters. The van der Waals surface area contributed by atoms with Gasteiger partial charge in [0.25, 0.3) is 11.8 Å². The summed E-state index contributed by atoms with van der Waals surface area (Å²) >= 11 is 0. The number of ether oxygens (including phenoxy) is 1. The zero-order chi connectivity index (χ0) is 20.8. The molecule has 10 nitrogen and oxygen atoms in total. The van der Waals surface area contributed by atoms with E-state index in [0.29, 0.717) is 18.7 Å². The molecule has 29 heavy (non-hydrogen) atoms. The molecule has 154 valence electrons. The van der Waals surface area contributed by atoms with Crippen LogP contribution in [-0.2, 0) is 21.4 Å². The normalized spacial score (nSPS) is 17.9. The number of morpholine rings is 1. The van der Waals surface area contributed by atoms with Crippen molar-refractivity contribution < 1.29 is 33.0 Å². The number of carbonyl (C=O) groups excluding carboxylic acids is 2. The molecule has 3 heterocycles. The lowest BCUT2D eigenvalue weighted by molar-refractivity contribution is 0.0623. The lowest BCUT2D eigenvalue weighted by atomic mass is 10.0. The van der Waals surface area contributed by atoms with Gasteiger partial charge in [-0.2, -0.15) is 4.31 Å². The number of fused-ring (bicyclic) bond motifs is 3. The van der Waals surface area contributed by atoms with Crippen LogP contribution in [0.3, 0.4) is 0 Å². The summed E-state index contributed by atoms with van der Waals surface area (Å²) in [5, 5.41) is 19.0. The van der Waals surface area contributed by atoms with E-state index < -0.39 is 35.1 Å². The van der Waals surface area contributed by atoms with Crippen LogP contribution in [0.2, 0.25) is 0 Å². The predicted octanol–water partition coefficient (Wildman–Crippen LogP) is -0.664. The monoisotopic (exact) mass is 421 g/mol. The number of amides is 2. The lowest BCUT2D eigenvalue weighted by Gasteiger charge is -2.26. The maximum absolute atomic E-state index is 13.0. The van der Waals surface area contributed by atoms with Gasteiger partial charge in [0.1, 0.15) is 0 Å². The smallest absolute Gasteiger partial charge is 0.263 e. The van der Waals surface area contributed by atoms with Crippen molar-refractivity contribution in [1.29, 1.82) is 0 Å². The Kier molecular flexibility index (Phi) is 5.09. The topological polar surface area (TPSA) is 137 Å². The first-order chi connectivity index (χ1) is 13.9. The number of rotatable bonds is 5. The van der Waals surface area contributed by atoms with Crippen molar-refractivity contribution in [2.24, 2.45) is 0 Å². The third-order valence-electron chi connectivity index (χ3n) is 5.03. The molecule has 2 aliphatic rings. The van der Waals surface area contributed by atoms with Crippen LogP contribution in [0.4, 0.5) is 0 Å². The van der Waals surface area contributed by atoms with Crippen molar-refractivity contribution in [1.82, 2.24) is 14.2 Å². The second-order valence-electron chi connectivity index (χ2n) is 6.65. The molecule has 2 amide bonds. The van der Waals surface area contributed by atoms with Gasteiger partial charge in [-0.15, -0.1) is 0 Å². The van der Waals surface area contributed by atoms with Gasteiger partial charge in [-0.25, -0.2) is 13.4 Å². The highest BCUT2D eigenvalue weighted by molar-refractivity contribution is 7.89. The number of aromatic nitrogens is 1. The Morgan fingerprint density at radius 3 is 2.41 bits per heavy atom. The Morgan fingerprint density at radius 2 is 1.76 bits per heavy atom. The molecule has 1 aromatic carbocycles. The lowest BCUT2D eigenvalue weighted by Crippen LogP contribution is -2.40. The number of hydrogen-bond donors (Lipinski definition) is 2. The van der Waals surface area contributed by atoms with E-state index in [1.165, 1.54) is 22.5 Å². The molecule has 1 aromatic heterocycles. The van der Waals surface area contributed by atoms with Crippen molar-refractivity contribution >= 4 is 32.7 Å². The van der Waals surface area contributed by atoms with Crippen molar-refractivity contribution in [3.05, 3.63) is 35.0 Å². The Balaban J connectivity index is 1.90. The van der Waals surface area contributed by atoms with E-state index in [1.54, 1.807) is 0 Å². The number of carbonyl (C=O) groups is 2. The number of benzene rings is 1. The summed E-state index contributed by atoms with van der Waals surface area (Å²) in [5.74, 6) is -1.32. The first-order valence-corrected chi connectivity index (χ1v) is 10.5. The molecule has 2 aliphatic heterocycles. The summed E-state index contributed by atoms with van der Waals surface area (Å²) in [7, 11) is -3.82. The molecule has 0 spiro atoms. The fourth-order valence-electron chi connectivity index (χ4n) is 3.62. The molecule has 0 bridgehead atoms. The molecule has 1 saturated heterocycles. The summed E-state index contributed by atoms with van der Waals surface area (Å²) in [6.07, 6.45) is 0. The summed E-state index contributed by atoms with van der Waals surface area (Å²) < 4.78 is 32.5. The van der Waals surface area contributed by atoms with Gasteiger partial charge in [0, 0.05) is 18.5 Å². The van der Waals surface area contributed by atoms with E-state index in [2.05, 4.69) is 4.98 Å². The van der Waals surface area contributed by atoms with Crippen LogP contribution >= 0.6 is 0 Å². The second kappa shape index (κ2) is 7.43. The SMILES string of the molecule is O=C1c2c(CO)nc3ccc(S(=O)(=O)N4CCOCC4)cc3c2C(=O)N1CCO. The minimum atomic E-state index is -3.82. The van der Waals surface area contributed by atoms with E-state index in [0.717, 1.165) is 4.90 Å². The fraction of sp³-hybridized carbons (Fsp3) is 0.389. The van der Waals surface area contributed by atoms with Gasteiger partial charge < -0.3 is 14.9 Å². The van der Waals surface area contributed by atoms with E-state index in [1.807, 2.05) is 0 Å². The van der Waals surface area contributed by atoms with Gasteiger partial charge in [-0.1, -0.05) is 0 Å². The number of aliphatic hydroxyl groups excluding tert-OH is 2. The molecule has 11 heteroatoms. The van der Waals surface area contributed by atoms with Crippen LogP contribution in [0.15, 0.2) is 23.1 Å². The second-order valence-corrected chi connectivity index (χ2v) is 8.59. The fourth-order valence-corrected chi connectivity index (χ4v) is 5.06. The minimum absolute atomic E-state index is 0.00322. The number of aliphatic hydroxyl groups is 2. The average Bonchev–Trinajstić information content (AvgIpc) is 2.99. The van der Waals surface area contributed by atoms with Crippen molar-refractivity contribution in [3.63, 3.8) is 0 Å². The molecule has 1 fully saturated rings. The Labute approximate surface area is 166 Å². The standard InChI is InChI=1S/C18H19N3O7S/c22-6-3-21-17(24)15-12-9-11(29(26,27)20-4-7-28-8-5-20)1-2-13(12)19-14(10-23)16(15)18(21)25/h1-2,9,22-23H,3-8,10H2. The maximum atomic E-state index is 13.0. The number of hydrogen-bond acceptors (Lipinski definition) is 8. The van der Waals surface area contributed by atoms with Gasteiger partial charge in [0.2, 0.25) is 10.0 Å². The highest BCUT2D eigenvalue weighted by Crippen LogP contribution is 2.33. The molecule has 0 radical (unpaired) electrons. The number of nitrogens with zero attached hydrogens (tertiary/aromatic N) is 3. The largest absolute Gasteiger partial charge is 0.395 e.